The maximum Gasteiger partial charge on any atom is 0.244 e. The van der Waals surface area contributed by atoms with Gasteiger partial charge in [0.15, 0.2) is 0 Å². The highest BCUT2D eigenvalue weighted by atomic mass is 16.2. The summed E-state index contributed by atoms with van der Waals surface area (Å²) in [7, 11) is 0. The van der Waals surface area contributed by atoms with Crippen LogP contribution in [0.3, 0.4) is 0 Å². The standard InChI is InChI=1S/C18H18N4O/c1-10-6-7-15-12(8-10)18(17(23)22-15)11-4-2-3-5-14(11)21-16(20)13(18)9-19/h6-8,21H,2-5,20H2,1H3,(H,22,23). The van der Waals surface area contributed by atoms with Crippen molar-refractivity contribution in [3.63, 3.8) is 0 Å². The van der Waals surface area contributed by atoms with E-state index in [0.717, 1.165) is 53.8 Å². The first-order valence-electron chi connectivity index (χ1n) is 7.91. The molecule has 4 N–H and O–H groups in total. The monoisotopic (exact) mass is 306 g/mol. The van der Waals surface area contributed by atoms with Gasteiger partial charge in [-0.1, -0.05) is 17.7 Å². The van der Waals surface area contributed by atoms with Crippen LogP contribution in [0.15, 0.2) is 40.9 Å². The predicted molar refractivity (Wildman–Crippen MR) is 86.9 cm³/mol. The van der Waals surface area contributed by atoms with Gasteiger partial charge in [-0.15, -0.1) is 0 Å². The first-order valence-corrected chi connectivity index (χ1v) is 7.91. The molecule has 1 aliphatic carbocycles. The van der Waals surface area contributed by atoms with E-state index in [4.69, 9.17) is 5.73 Å². The van der Waals surface area contributed by atoms with Crippen molar-refractivity contribution in [1.29, 1.82) is 5.26 Å². The van der Waals surface area contributed by atoms with Gasteiger partial charge in [-0.3, -0.25) is 4.79 Å². The van der Waals surface area contributed by atoms with Gasteiger partial charge in [-0.25, -0.2) is 0 Å². The lowest BCUT2D eigenvalue weighted by molar-refractivity contribution is -0.118. The molecule has 0 saturated heterocycles. The molecule has 0 radical (unpaired) electrons. The fourth-order valence-electron chi connectivity index (χ4n) is 4.14. The summed E-state index contributed by atoms with van der Waals surface area (Å²) in [6.45, 7) is 1.99. The number of nitrogens with two attached hydrogens (primary N) is 1. The zero-order valence-electron chi connectivity index (χ0n) is 13.0. The molecule has 1 unspecified atom stereocenters. The molecule has 4 rings (SSSR count). The molecule has 5 heteroatoms. The Kier molecular flexibility index (Phi) is 2.79. The first kappa shape index (κ1) is 13.9. The van der Waals surface area contributed by atoms with Crippen molar-refractivity contribution in [1.82, 2.24) is 5.32 Å². The zero-order chi connectivity index (χ0) is 16.2. The van der Waals surface area contributed by atoms with Crippen molar-refractivity contribution in [2.24, 2.45) is 5.73 Å². The number of nitrogens with zero attached hydrogens (tertiary/aromatic N) is 1. The summed E-state index contributed by atoms with van der Waals surface area (Å²) in [6.07, 6.45) is 3.77. The van der Waals surface area contributed by atoms with Crippen LogP contribution in [0, 0.1) is 18.3 Å². The summed E-state index contributed by atoms with van der Waals surface area (Å²) in [4.78, 5) is 13.1. The van der Waals surface area contributed by atoms with E-state index in [1.54, 1.807) is 0 Å². The Labute approximate surface area is 134 Å². The fraction of sp³-hybridized carbons (Fsp3) is 0.333. The molecule has 1 aromatic rings. The van der Waals surface area contributed by atoms with Crippen molar-refractivity contribution in [3.05, 3.63) is 52.0 Å². The smallest absolute Gasteiger partial charge is 0.244 e. The predicted octanol–water partition coefficient (Wildman–Crippen LogP) is 2.31. The molecule has 3 aliphatic rings. The largest absolute Gasteiger partial charge is 0.384 e. The van der Waals surface area contributed by atoms with Crippen LogP contribution in [-0.4, -0.2) is 5.91 Å². The third-order valence-corrected chi connectivity index (χ3v) is 5.13. The number of aryl methyl sites for hydroxylation is 1. The SMILES string of the molecule is Cc1ccc2c(c1)C1(C(=O)N2)C(C#N)=C(N)NC2=C1CCCC2. The summed E-state index contributed by atoms with van der Waals surface area (Å²) in [6, 6.07) is 8.09. The van der Waals surface area contributed by atoms with Gasteiger partial charge in [0.2, 0.25) is 5.91 Å². The highest BCUT2D eigenvalue weighted by Gasteiger charge is 2.56. The maximum absolute atomic E-state index is 13.1. The van der Waals surface area contributed by atoms with E-state index in [-0.39, 0.29) is 5.91 Å². The highest BCUT2D eigenvalue weighted by Crippen LogP contribution is 2.53. The maximum atomic E-state index is 13.1. The second-order valence-corrected chi connectivity index (χ2v) is 6.44. The Hall–Kier alpha value is -2.74. The molecule has 0 fully saturated rings. The fourth-order valence-corrected chi connectivity index (χ4v) is 4.14. The van der Waals surface area contributed by atoms with E-state index in [2.05, 4.69) is 16.7 Å². The second-order valence-electron chi connectivity index (χ2n) is 6.44. The van der Waals surface area contributed by atoms with Gasteiger partial charge in [0.25, 0.3) is 0 Å². The quantitative estimate of drug-likeness (QED) is 0.686. The number of hydrogen-bond acceptors (Lipinski definition) is 4. The van der Waals surface area contributed by atoms with Gasteiger partial charge in [0, 0.05) is 16.9 Å². The zero-order valence-corrected chi connectivity index (χ0v) is 13.0. The van der Waals surface area contributed by atoms with Crippen molar-refractivity contribution in [2.75, 3.05) is 5.32 Å². The first-order chi connectivity index (χ1) is 11.1. The molecule has 1 amide bonds. The number of dihydropyridines is 1. The van der Waals surface area contributed by atoms with Crippen molar-refractivity contribution < 1.29 is 4.79 Å². The average molecular weight is 306 g/mol. The van der Waals surface area contributed by atoms with Crippen LogP contribution in [0.25, 0.3) is 0 Å². The molecular weight excluding hydrogens is 288 g/mol. The molecule has 23 heavy (non-hydrogen) atoms. The van der Waals surface area contributed by atoms with E-state index < -0.39 is 5.41 Å². The third kappa shape index (κ3) is 1.63. The molecule has 2 aliphatic heterocycles. The second kappa shape index (κ2) is 4.63. The van der Waals surface area contributed by atoms with Crippen molar-refractivity contribution >= 4 is 11.6 Å². The summed E-state index contributed by atoms with van der Waals surface area (Å²) in [5.41, 5.74) is 10.1. The minimum absolute atomic E-state index is 0.159. The number of rotatable bonds is 0. The van der Waals surface area contributed by atoms with Gasteiger partial charge in [0.05, 0.1) is 5.57 Å². The topological polar surface area (TPSA) is 90.9 Å². The Morgan fingerprint density at radius 1 is 1.26 bits per heavy atom. The molecule has 0 saturated carbocycles. The van der Waals surface area contributed by atoms with Crippen LogP contribution in [-0.2, 0) is 10.2 Å². The third-order valence-electron chi connectivity index (χ3n) is 5.13. The normalized spacial score (nSPS) is 25.7. The minimum atomic E-state index is -1.05. The Morgan fingerprint density at radius 3 is 2.83 bits per heavy atom. The van der Waals surface area contributed by atoms with Gasteiger partial charge in [0.1, 0.15) is 17.3 Å². The average Bonchev–Trinajstić information content (AvgIpc) is 2.81. The number of nitriles is 1. The van der Waals surface area contributed by atoms with E-state index in [1.807, 2.05) is 25.1 Å². The number of nitrogens with one attached hydrogen (secondary N) is 2. The van der Waals surface area contributed by atoms with Crippen molar-refractivity contribution in [3.8, 4) is 6.07 Å². The molecule has 116 valence electrons. The van der Waals surface area contributed by atoms with Gasteiger partial charge in [-0.2, -0.15) is 5.26 Å². The van der Waals surface area contributed by atoms with Gasteiger partial charge in [-0.05, 0) is 44.2 Å². The van der Waals surface area contributed by atoms with Crippen molar-refractivity contribution in [2.45, 2.75) is 38.0 Å². The molecule has 1 aromatic carbocycles. The van der Waals surface area contributed by atoms with E-state index in [9.17, 15) is 10.1 Å². The van der Waals surface area contributed by atoms with Crippen LogP contribution < -0.4 is 16.4 Å². The molecule has 0 aromatic heterocycles. The molecule has 1 atom stereocenters. The number of fused-ring (bicyclic) bond motifs is 3. The summed E-state index contributed by atoms with van der Waals surface area (Å²) >= 11 is 0. The minimum Gasteiger partial charge on any atom is -0.384 e. The number of anilines is 1. The van der Waals surface area contributed by atoms with Crippen LogP contribution in [0.2, 0.25) is 0 Å². The van der Waals surface area contributed by atoms with Gasteiger partial charge >= 0.3 is 0 Å². The van der Waals surface area contributed by atoms with E-state index >= 15 is 0 Å². The number of hydrogen-bond donors (Lipinski definition) is 3. The molecule has 1 spiro atoms. The molecule has 2 heterocycles. The lowest BCUT2D eigenvalue weighted by Gasteiger charge is -2.39. The summed E-state index contributed by atoms with van der Waals surface area (Å²) in [5.74, 6) is 0.145. The Balaban J connectivity index is 2.09. The number of allylic oxidation sites excluding steroid dienone is 1. The Bertz CT molecular complexity index is 843. The Morgan fingerprint density at radius 2 is 2.04 bits per heavy atom. The van der Waals surface area contributed by atoms with E-state index in [0.29, 0.717) is 11.4 Å². The van der Waals surface area contributed by atoms with Crippen LogP contribution in [0.5, 0.6) is 0 Å². The highest BCUT2D eigenvalue weighted by molar-refractivity contribution is 6.12. The number of benzene rings is 1. The molecular formula is C18H18N4O. The number of amides is 1. The van der Waals surface area contributed by atoms with Crippen LogP contribution >= 0.6 is 0 Å². The summed E-state index contributed by atoms with van der Waals surface area (Å²) in [5, 5.41) is 15.9. The van der Waals surface area contributed by atoms with Crippen LogP contribution in [0.4, 0.5) is 5.69 Å². The lowest BCUT2D eigenvalue weighted by atomic mass is 9.64. The van der Waals surface area contributed by atoms with Gasteiger partial charge < -0.3 is 16.4 Å². The number of carbonyl (C=O) groups excluding carboxylic acids is 1. The molecule has 5 nitrogen and oxygen atoms in total. The van der Waals surface area contributed by atoms with Crippen LogP contribution in [0.1, 0.15) is 36.8 Å². The van der Waals surface area contributed by atoms with E-state index in [1.165, 1.54) is 0 Å². The molecule has 0 bridgehead atoms. The summed E-state index contributed by atoms with van der Waals surface area (Å²) < 4.78 is 0. The lowest BCUT2D eigenvalue weighted by Crippen LogP contribution is -2.47. The number of carbonyl (C=O) groups is 1.